The van der Waals surface area contributed by atoms with Crippen molar-refractivity contribution in [2.45, 2.75) is 6.92 Å². The molecule has 9 aromatic carbocycles. The second-order valence-corrected chi connectivity index (χ2v) is 16.0. The lowest BCUT2D eigenvalue weighted by Crippen LogP contribution is -2.05. The second-order valence-electron chi connectivity index (χ2n) is 16.0. The van der Waals surface area contributed by atoms with Crippen LogP contribution >= 0.6 is 0 Å². The number of aromatic nitrogens is 2. The van der Waals surface area contributed by atoms with Crippen molar-refractivity contribution in [3.63, 3.8) is 0 Å². The summed E-state index contributed by atoms with van der Waals surface area (Å²) in [4.78, 5) is 0. The molecule has 0 radical (unpaired) electrons. The highest BCUT2D eigenvalue weighted by Gasteiger charge is 2.15. The Labute approximate surface area is 367 Å². The van der Waals surface area contributed by atoms with Crippen LogP contribution in [-0.4, -0.2) is 9.13 Å². The molecule has 2 aromatic heterocycles. The van der Waals surface area contributed by atoms with Crippen molar-refractivity contribution < 1.29 is 0 Å². The molecule has 63 heavy (non-hydrogen) atoms. The van der Waals surface area contributed by atoms with Gasteiger partial charge in [-0.15, -0.1) is 0 Å². The van der Waals surface area contributed by atoms with Gasteiger partial charge in [-0.1, -0.05) is 194 Å². The Hall–Kier alpha value is -8.20. The number of nitrogens with zero attached hydrogens (tertiary/aromatic N) is 2. The Morgan fingerprint density at radius 2 is 0.730 bits per heavy atom. The van der Waals surface area contributed by atoms with Gasteiger partial charge >= 0.3 is 0 Å². The van der Waals surface area contributed by atoms with Gasteiger partial charge in [0.25, 0.3) is 0 Å². The molecule has 0 saturated carbocycles. The Balaban J connectivity index is 1.42. The van der Waals surface area contributed by atoms with Crippen molar-refractivity contribution in [3.05, 3.63) is 248 Å². The maximum Gasteiger partial charge on any atom is 0.0540 e. The fourth-order valence-electron chi connectivity index (χ4n) is 9.48. The molecule has 11 aromatic rings. The van der Waals surface area contributed by atoms with E-state index in [0.717, 1.165) is 65.6 Å². The van der Waals surface area contributed by atoms with Crippen LogP contribution in [-0.2, 0) is 0 Å². The molecule has 2 nitrogen and oxygen atoms in total. The van der Waals surface area contributed by atoms with E-state index in [2.05, 4.69) is 265 Å². The highest BCUT2D eigenvalue weighted by molar-refractivity contribution is 6.24. The largest absolute Gasteiger partial charge is 0.309 e. The first kappa shape index (κ1) is 37.8. The minimum atomic E-state index is 1.09. The minimum Gasteiger partial charge on any atom is -0.309 e. The summed E-state index contributed by atoms with van der Waals surface area (Å²) in [6, 6.07) is 84.3. The van der Waals surface area contributed by atoms with Gasteiger partial charge in [0, 0.05) is 27.5 Å². The zero-order valence-electron chi connectivity index (χ0n) is 35.1. The van der Waals surface area contributed by atoms with Crippen LogP contribution in [0.2, 0.25) is 0 Å². The Morgan fingerprint density at radius 3 is 1.29 bits per heavy atom. The molecular formula is C61H44N2. The van der Waals surface area contributed by atoms with E-state index in [1.165, 1.54) is 38.4 Å². The summed E-state index contributed by atoms with van der Waals surface area (Å²) in [6.07, 6.45) is 6.63. The zero-order valence-corrected chi connectivity index (χ0v) is 35.1. The fraction of sp³-hybridized carbons (Fsp3) is 0.0164. The van der Waals surface area contributed by atoms with Crippen LogP contribution in [0.25, 0.3) is 105 Å². The number of allylic oxidation sites excluding steroid dienone is 2. The van der Waals surface area contributed by atoms with E-state index in [4.69, 9.17) is 0 Å². The Bertz CT molecular complexity index is 3700. The van der Waals surface area contributed by atoms with Gasteiger partial charge in [-0.3, -0.25) is 0 Å². The molecule has 2 heterocycles. The average molecular weight is 805 g/mol. The Kier molecular flexibility index (Phi) is 9.80. The van der Waals surface area contributed by atoms with Crippen molar-refractivity contribution in [1.82, 2.24) is 9.13 Å². The lowest BCUT2D eigenvalue weighted by atomic mass is 9.98. The number of para-hydroxylation sites is 4. The third-order valence-electron chi connectivity index (χ3n) is 12.3. The van der Waals surface area contributed by atoms with Gasteiger partial charge in [-0.05, 0) is 116 Å². The first-order chi connectivity index (χ1) is 31.2. The summed E-state index contributed by atoms with van der Waals surface area (Å²) >= 11 is 0. The van der Waals surface area contributed by atoms with E-state index < -0.39 is 0 Å². The molecular weight excluding hydrogens is 761 g/mol. The molecule has 0 aliphatic rings. The van der Waals surface area contributed by atoms with Crippen molar-refractivity contribution in [2.75, 3.05) is 0 Å². The van der Waals surface area contributed by atoms with Gasteiger partial charge in [0.1, 0.15) is 0 Å². The third kappa shape index (κ3) is 6.79. The molecule has 0 fully saturated rings. The third-order valence-corrected chi connectivity index (χ3v) is 12.3. The summed E-state index contributed by atoms with van der Waals surface area (Å²) in [5.74, 6) is 0. The number of hydrogen-bond donors (Lipinski definition) is 0. The monoisotopic (exact) mass is 804 g/mol. The van der Waals surface area contributed by atoms with Gasteiger partial charge in [-0.2, -0.15) is 0 Å². The topological polar surface area (TPSA) is 9.86 Å². The summed E-state index contributed by atoms with van der Waals surface area (Å²) in [7, 11) is 0. The van der Waals surface area contributed by atoms with Gasteiger partial charge < -0.3 is 9.13 Å². The van der Waals surface area contributed by atoms with Crippen molar-refractivity contribution in [3.8, 4) is 33.6 Å². The molecule has 0 saturated heterocycles. The van der Waals surface area contributed by atoms with Gasteiger partial charge in [0.2, 0.25) is 0 Å². The van der Waals surface area contributed by atoms with E-state index in [0.29, 0.717) is 0 Å². The lowest BCUT2D eigenvalue weighted by Gasteiger charge is -2.15. The summed E-state index contributed by atoms with van der Waals surface area (Å²) in [5, 5.41) is 10.4. The maximum atomic E-state index is 2.47. The van der Waals surface area contributed by atoms with Gasteiger partial charge in [0.15, 0.2) is 0 Å². The van der Waals surface area contributed by atoms with Gasteiger partial charge in [0.05, 0.1) is 22.1 Å². The highest BCUT2D eigenvalue weighted by atomic mass is 15.0. The van der Waals surface area contributed by atoms with E-state index in [1.54, 1.807) is 0 Å². The average Bonchev–Trinajstić information content (AvgIpc) is 3.43. The normalized spacial score (nSPS) is 11.9. The zero-order chi connectivity index (χ0) is 42.1. The van der Waals surface area contributed by atoms with Crippen LogP contribution in [0.15, 0.2) is 243 Å². The predicted molar refractivity (Wildman–Crippen MR) is 271 cm³/mol. The molecule has 2 heteroatoms. The molecule has 0 aliphatic carbocycles. The first-order valence-electron chi connectivity index (χ1n) is 21.7. The summed E-state index contributed by atoms with van der Waals surface area (Å²) in [6.45, 7) is 2.10. The summed E-state index contributed by atoms with van der Waals surface area (Å²) < 4.78 is 4.92. The van der Waals surface area contributed by atoms with Gasteiger partial charge in [-0.25, -0.2) is 0 Å². The van der Waals surface area contributed by atoms with Crippen LogP contribution < -0.4 is 5.22 Å². The smallest absolute Gasteiger partial charge is 0.0540 e. The number of benzene rings is 9. The lowest BCUT2D eigenvalue weighted by molar-refractivity contribution is 1.17. The van der Waals surface area contributed by atoms with E-state index in [9.17, 15) is 0 Å². The number of rotatable bonds is 5. The predicted octanol–water partition coefficient (Wildman–Crippen LogP) is 15.8. The standard InChI is InChI=1S/C61H44N2/c1-2-3-30-50-51-31-11-15-37-58(51)63(49-29-19-27-46(41-49)44-23-8-5-9-24-44)60-39-17-13-33-53(60)55-35-20-34-54-52-32-12-16-38-59(52)62(57-36-14-10-25-47(57)42-56(50)61(54)55)48-28-18-26-45(40-48)43-21-6-4-7-22-43/h2-42H,1H3/b3-2-,50-30-,56-42?. The van der Waals surface area contributed by atoms with Crippen LogP contribution in [0.1, 0.15) is 6.92 Å². The molecule has 0 atom stereocenters. The molecule has 11 rings (SSSR count). The van der Waals surface area contributed by atoms with E-state index in [-0.39, 0.29) is 0 Å². The quantitative estimate of drug-likeness (QED) is 0.164. The molecule has 0 amide bonds. The number of fused-ring (bicyclic) bond motifs is 6. The summed E-state index contributed by atoms with van der Waals surface area (Å²) in [5.41, 5.74) is 11.4. The second kappa shape index (κ2) is 16.3. The molecule has 298 valence electrons. The highest BCUT2D eigenvalue weighted by Crippen LogP contribution is 2.37. The van der Waals surface area contributed by atoms with Crippen molar-refractivity contribution >= 4 is 71.2 Å². The molecule has 0 N–H and O–H groups in total. The van der Waals surface area contributed by atoms with Crippen LogP contribution in [0.4, 0.5) is 0 Å². The van der Waals surface area contributed by atoms with Crippen molar-refractivity contribution in [2.24, 2.45) is 0 Å². The van der Waals surface area contributed by atoms with Crippen LogP contribution in [0.5, 0.6) is 0 Å². The molecule has 0 bridgehead atoms. The Morgan fingerprint density at radius 1 is 0.317 bits per heavy atom. The molecule has 0 aliphatic heterocycles. The van der Waals surface area contributed by atoms with Crippen LogP contribution in [0.3, 0.4) is 0 Å². The maximum absolute atomic E-state index is 2.47. The first-order valence-corrected chi connectivity index (χ1v) is 21.7. The van der Waals surface area contributed by atoms with E-state index in [1.807, 2.05) is 0 Å². The molecule has 0 unspecified atom stereocenters. The minimum absolute atomic E-state index is 1.09. The number of hydrogen-bond acceptors (Lipinski definition) is 0. The van der Waals surface area contributed by atoms with Crippen LogP contribution in [0, 0.1) is 0 Å². The van der Waals surface area contributed by atoms with E-state index >= 15 is 0 Å². The fourth-order valence-corrected chi connectivity index (χ4v) is 9.48. The van der Waals surface area contributed by atoms with Crippen molar-refractivity contribution in [1.29, 1.82) is 0 Å². The molecule has 0 spiro atoms. The SMILES string of the molecule is C/C=C\C=c1/c2cc3ccccc3n(-c3cccc(-c4ccccc4)c3)c3ccccc3c3cccc(c4ccccc4n(-c4cccc(-c5ccccc5)c4)c4ccccc14)c23.